The van der Waals surface area contributed by atoms with Crippen LogP contribution in [0.15, 0.2) is 36.4 Å². The number of hydrogen-bond acceptors (Lipinski definition) is 5. The van der Waals surface area contributed by atoms with Crippen molar-refractivity contribution in [3.8, 4) is 0 Å². The molecule has 2 N–H and O–H groups in total. The first-order chi connectivity index (χ1) is 15.8. The van der Waals surface area contributed by atoms with E-state index in [4.69, 9.17) is 0 Å². The van der Waals surface area contributed by atoms with Crippen molar-refractivity contribution < 1.29 is 22.8 Å². The normalized spacial score (nSPS) is 17.2. The van der Waals surface area contributed by atoms with Crippen LogP contribution in [0, 0.1) is 0 Å². The number of nitrogens with one attached hydrogen (secondary N) is 2. The summed E-state index contributed by atoms with van der Waals surface area (Å²) in [4.78, 5) is 28.1. The second-order valence-corrected chi connectivity index (χ2v) is 8.18. The second kappa shape index (κ2) is 9.63. The van der Waals surface area contributed by atoms with Gasteiger partial charge in [0.05, 0.1) is 11.1 Å². The quantitative estimate of drug-likeness (QED) is 0.726. The van der Waals surface area contributed by atoms with Crippen LogP contribution in [0.1, 0.15) is 41.6 Å². The summed E-state index contributed by atoms with van der Waals surface area (Å²) in [5, 5.41) is 13.8. The van der Waals surface area contributed by atoms with Crippen LogP contribution in [0.2, 0.25) is 0 Å². The number of alkyl halides is 3. The smallest absolute Gasteiger partial charge is 0.352 e. The van der Waals surface area contributed by atoms with E-state index >= 15 is 0 Å². The maximum Gasteiger partial charge on any atom is 0.417 e. The van der Waals surface area contributed by atoms with E-state index in [0.717, 1.165) is 31.7 Å². The van der Waals surface area contributed by atoms with E-state index in [1.165, 1.54) is 23.1 Å². The molecule has 0 spiro atoms. The number of urea groups is 1. The van der Waals surface area contributed by atoms with Crippen LogP contribution in [-0.4, -0.2) is 59.3 Å². The minimum Gasteiger partial charge on any atom is -0.352 e. The molecule has 1 saturated carbocycles. The molecule has 1 aromatic carbocycles. The number of rotatable bonds is 4. The number of carbonyl (C=O) groups excluding carboxylic acids is 2. The highest BCUT2D eigenvalue weighted by atomic mass is 19.4. The van der Waals surface area contributed by atoms with Crippen LogP contribution in [0.4, 0.5) is 29.6 Å². The first-order valence-corrected chi connectivity index (χ1v) is 10.9. The van der Waals surface area contributed by atoms with E-state index in [0.29, 0.717) is 24.7 Å². The largest absolute Gasteiger partial charge is 0.417 e. The van der Waals surface area contributed by atoms with Crippen molar-refractivity contribution >= 4 is 23.6 Å². The predicted molar refractivity (Wildman–Crippen MR) is 116 cm³/mol. The monoisotopic (exact) mass is 462 g/mol. The molecule has 2 heterocycles. The average molecular weight is 462 g/mol. The summed E-state index contributed by atoms with van der Waals surface area (Å²) in [6, 6.07) is 8.07. The van der Waals surface area contributed by atoms with Gasteiger partial charge in [-0.05, 0) is 37.1 Å². The molecule has 1 aliphatic heterocycles. The van der Waals surface area contributed by atoms with Crippen LogP contribution in [0.25, 0.3) is 0 Å². The molecular weight excluding hydrogens is 437 g/mol. The van der Waals surface area contributed by atoms with Gasteiger partial charge in [0, 0.05) is 32.2 Å². The van der Waals surface area contributed by atoms with Gasteiger partial charge < -0.3 is 15.1 Å². The van der Waals surface area contributed by atoms with Gasteiger partial charge in [-0.1, -0.05) is 25.0 Å². The summed E-state index contributed by atoms with van der Waals surface area (Å²) >= 11 is 0. The number of anilines is 2. The van der Waals surface area contributed by atoms with E-state index in [1.807, 2.05) is 4.90 Å². The zero-order valence-corrected chi connectivity index (χ0v) is 17.9. The number of nitrogens with zero attached hydrogens (tertiary/aromatic N) is 4. The Morgan fingerprint density at radius 2 is 1.64 bits per heavy atom. The third-order valence-corrected chi connectivity index (χ3v) is 5.94. The Morgan fingerprint density at radius 3 is 2.27 bits per heavy atom. The van der Waals surface area contributed by atoms with Crippen LogP contribution in [-0.2, 0) is 6.18 Å². The summed E-state index contributed by atoms with van der Waals surface area (Å²) in [6.45, 7) is 1.33. The first kappa shape index (κ1) is 22.8. The number of aromatic nitrogens is 2. The molecule has 1 aliphatic carbocycles. The Hall–Kier alpha value is -3.37. The van der Waals surface area contributed by atoms with Crippen molar-refractivity contribution in [2.75, 3.05) is 36.4 Å². The molecule has 33 heavy (non-hydrogen) atoms. The van der Waals surface area contributed by atoms with Crippen LogP contribution >= 0.6 is 0 Å². The Balaban J connectivity index is 1.32. The van der Waals surface area contributed by atoms with E-state index in [1.54, 1.807) is 12.1 Å². The van der Waals surface area contributed by atoms with Gasteiger partial charge in [0.1, 0.15) is 0 Å². The van der Waals surface area contributed by atoms with E-state index in [-0.39, 0.29) is 30.7 Å². The lowest BCUT2D eigenvalue weighted by atomic mass is 10.1. The third kappa shape index (κ3) is 5.52. The maximum absolute atomic E-state index is 13.2. The summed E-state index contributed by atoms with van der Waals surface area (Å²) in [5.41, 5.74) is -1.27. The molecule has 0 atom stereocenters. The lowest BCUT2D eigenvalue weighted by Gasteiger charge is -2.35. The second-order valence-electron chi connectivity index (χ2n) is 8.18. The maximum atomic E-state index is 13.2. The highest BCUT2D eigenvalue weighted by Gasteiger charge is 2.36. The molecule has 0 bridgehead atoms. The topological polar surface area (TPSA) is 90.5 Å². The minimum absolute atomic E-state index is 0.194. The highest BCUT2D eigenvalue weighted by molar-refractivity contribution is 5.96. The fourth-order valence-electron chi connectivity index (χ4n) is 4.19. The lowest BCUT2D eigenvalue weighted by molar-refractivity contribution is -0.138. The molecule has 2 aromatic rings. The molecule has 11 heteroatoms. The van der Waals surface area contributed by atoms with E-state index in [2.05, 4.69) is 20.8 Å². The van der Waals surface area contributed by atoms with Crippen molar-refractivity contribution in [3.63, 3.8) is 0 Å². The molecular formula is C22H25F3N6O2. The van der Waals surface area contributed by atoms with Crippen molar-refractivity contribution in [1.29, 1.82) is 0 Å². The van der Waals surface area contributed by atoms with Crippen LogP contribution < -0.4 is 15.5 Å². The number of carbonyl (C=O) groups is 2. The van der Waals surface area contributed by atoms with Gasteiger partial charge in [-0.2, -0.15) is 13.2 Å². The Morgan fingerprint density at radius 1 is 0.939 bits per heavy atom. The van der Waals surface area contributed by atoms with E-state index in [9.17, 15) is 22.8 Å². The van der Waals surface area contributed by atoms with Gasteiger partial charge in [0.15, 0.2) is 11.6 Å². The molecule has 2 fully saturated rings. The number of amides is 3. The van der Waals surface area contributed by atoms with Gasteiger partial charge in [0.25, 0.3) is 5.91 Å². The molecule has 0 unspecified atom stereocenters. The Bertz CT molecular complexity index is 984. The minimum atomic E-state index is -4.59. The zero-order valence-electron chi connectivity index (χ0n) is 17.9. The molecule has 1 saturated heterocycles. The third-order valence-electron chi connectivity index (χ3n) is 5.94. The molecule has 3 amide bonds. The molecule has 176 valence electrons. The number of hydrogen-bond donors (Lipinski definition) is 2. The molecule has 2 aliphatic rings. The lowest BCUT2D eigenvalue weighted by Crippen LogP contribution is -2.49. The van der Waals surface area contributed by atoms with Crippen LogP contribution in [0.3, 0.4) is 0 Å². The van der Waals surface area contributed by atoms with Gasteiger partial charge in [-0.25, -0.2) is 4.79 Å². The Kier molecular flexibility index (Phi) is 6.66. The van der Waals surface area contributed by atoms with Gasteiger partial charge >= 0.3 is 12.2 Å². The predicted octanol–water partition coefficient (Wildman–Crippen LogP) is 3.52. The SMILES string of the molecule is O=C(Nc1ccc(N2CCN(C(=O)c3ccccc3C(F)(F)F)CC2)nn1)NC1CCCC1. The van der Waals surface area contributed by atoms with E-state index < -0.39 is 17.6 Å². The van der Waals surface area contributed by atoms with Gasteiger partial charge in [-0.3, -0.25) is 10.1 Å². The number of benzene rings is 1. The molecule has 1 aromatic heterocycles. The molecule has 4 rings (SSSR count). The fourth-order valence-corrected chi connectivity index (χ4v) is 4.19. The zero-order chi connectivity index (χ0) is 23.4. The van der Waals surface area contributed by atoms with Crippen molar-refractivity contribution in [2.24, 2.45) is 0 Å². The number of piperazine rings is 1. The van der Waals surface area contributed by atoms with Gasteiger partial charge in [0.2, 0.25) is 0 Å². The average Bonchev–Trinajstić information content (AvgIpc) is 3.31. The van der Waals surface area contributed by atoms with Crippen LogP contribution in [0.5, 0.6) is 0 Å². The standard InChI is InChI=1S/C22H25F3N6O2/c23-22(24,25)17-8-4-3-7-16(17)20(32)31-13-11-30(12-14-31)19-10-9-18(28-29-19)27-21(33)26-15-5-1-2-6-15/h3-4,7-10,15H,1-2,5-6,11-14H2,(H2,26,27,28,33). The van der Waals surface area contributed by atoms with Crippen molar-refractivity contribution in [1.82, 2.24) is 20.4 Å². The molecule has 0 radical (unpaired) electrons. The summed E-state index contributed by atoms with van der Waals surface area (Å²) in [6.07, 6.45) is -0.392. The van der Waals surface area contributed by atoms with Crippen molar-refractivity contribution in [3.05, 3.63) is 47.5 Å². The summed E-state index contributed by atoms with van der Waals surface area (Å²) in [5.74, 6) is 0.257. The first-order valence-electron chi connectivity index (χ1n) is 10.9. The molecule has 8 nitrogen and oxygen atoms in total. The summed E-state index contributed by atoms with van der Waals surface area (Å²) in [7, 11) is 0. The summed E-state index contributed by atoms with van der Waals surface area (Å²) < 4.78 is 39.7. The number of halogens is 3. The Labute approximate surface area is 189 Å². The van der Waals surface area contributed by atoms with Gasteiger partial charge in [-0.15, -0.1) is 10.2 Å². The fraction of sp³-hybridized carbons (Fsp3) is 0.455. The van der Waals surface area contributed by atoms with Crippen molar-refractivity contribution in [2.45, 2.75) is 37.9 Å². The highest BCUT2D eigenvalue weighted by Crippen LogP contribution is 2.32.